The van der Waals surface area contributed by atoms with Crippen molar-refractivity contribution in [1.82, 2.24) is 20.0 Å². The van der Waals surface area contributed by atoms with E-state index < -0.39 is 47.5 Å². The van der Waals surface area contributed by atoms with E-state index in [0.29, 0.717) is 18.7 Å². The first kappa shape index (κ1) is 32.7. The molecule has 2 aliphatic rings. The van der Waals surface area contributed by atoms with Crippen molar-refractivity contribution in [3.05, 3.63) is 66.0 Å². The normalized spacial score (nSPS) is 20.8. The summed E-state index contributed by atoms with van der Waals surface area (Å²) in [5, 5.41) is 2.88. The predicted octanol–water partition coefficient (Wildman–Crippen LogP) is 2.53. The van der Waals surface area contributed by atoms with Gasteiger partial charge in [-0.3, -0.25) is 19.3 Å². The van der Waals surface area contributed by atoms with Crippen LogP contribution in [0.25, 0.3) is 0 Å². The minimum absolute atomic E-state index is 0.0593. The molecule has 0 radical (unpaired) electrons. The molecule has 4 amide bonds. The number of carbonyl (C=O) groups excluding carboxylic acids is 4. The summed E-state index contributed by atoms with van der Waals surface area (Å²) in [6.45, 7) is 7.53. The molecule has 2 saturated heterocycles. The standard InChI is InChI=1S/C32H42FN5O6/c1-20(36(5)31(42)43-19-21-9-7-6-8-10-21)29(40)35-28(32(2,3)4)30(41)37-16-15-24-27(37)25(18-38(24)26(39)17-34)44-23-13-11-22(33)12-14-23/h6-14,20,24-25,27-28H,15-19,34H2,1-5H3,(H,35,40)/t20-,24+,25-,27-,28?/m0/s1. The summed E-state index contributed by atoms with van der Waals surface area (Å²) < 4.78 is 25.1. The van der Waals surface area contributed by atoms with Crippen LogP contribution in [-0.4, -0.2) is 95.5 Å². The Morgan fingerprint density at radius 2 is 1.73 bits per heavy atom. The van der Waals surface area contributed by atoms with E-state index in [2.05, 4.69) is 5.32 Å². The number of nitrogens with two attached hydrogens (primary N) is 1. The highest BCUT2D eigenvalue weighted by atomic mass is 19.1. The average molecular weight is 612 g/mol. The van der Waals surface area contributed by atoms with Crippen LogP contribution in [-0.2, 0) is 25.7 Å². The summed E-state index contributed by atoms with van der Waals surface area (Å²) >= 11 is 0. The van der Waals surface area contributed by atoms with Gasteiger partial charge in [0.15, 0.2) is 0 Å². The number of nitrogens with zero attached hydrogens (tertiary/aromatic N) is 3. The second-order valence-corrected chi connectivity index (χ2v) is 12.4. The lowest BCUT2D eigenvalue weighted by Crippen LogP contribution is -2.60. The molecular formula is C32H42FN5O6. The SMILES string of the molecule is C[C@@H](C(=O)NC(C(=O)N1CC[C@@H]2[C@H]1[C@@H](Oc1ccc(F)cc1)CN2C(=O)CN)C(C)(C)C)N(C)C(=O)OCc1ccccc1. The first-order valence-electron chi connectivity index (χ1n) is 14.8. The third kappa shape index (κ3) is 7.29. The van der Waals surface area contributed by atoms with Crippen LogP contribution in [0.4, 0.5) is 9.18 Å². The van der Waals surface area contributed by atoms with E-state index in [-0.39, 0.29) is 37.6 Å². The highest BCUT2D eigenvalue weighted by Gasteiger charge is 2.54. The molecule has 0 saturated carbocycles. The van der Waals surface area contributed by atoms with Crippen LogP contribution in [0.2, 0.25) is 0 Å². The van der Waals surface area contributed by atoms with Crippen LogP contribution < -0.4 is 15.8 Å². The number of hydrogen-bond acceptors (Lipinski definition) is 7. The Morgan fingerprint density at radius 3 is 2.34 bits per heavy atom. The first-order valence-corrected chi connectivity index (χ1v) is 14.8. The molecule has 12 heteroatoms. The first-order chi connectivity index (χ1) is 20.8. The molecule has 2 aliphatic heterocycles. The zero-order chi connectivity index (χ0) is 32.2. The van der Waals surface area contributed by atoms with Gasteiger partial charge in [-0.05, 0) is 48.6 Å². The number of fused-ring (bicyclic) bond motifs is 1. The predicted molar refractivity (Wildman–Crippen MR) is 161 cm³/mol. The van der Waals surface area contributed by atoms with Crippen molar-refractivity contribution >= 4 is 23.8 Å². The van der Waals surface area contributed by atoms with Gasteiger partial charge in [-0.2, -0.15) is 0 Å². The fraction of sp³-hybridized carbons (Fsp3) is 0.500. The molecule has 44 heavy (non-hydrogen) atoms. The van der Waals surface area contributed by atoms with Gasteiger partial charge in [-0.1, -0.05) is 51.1 Å². The Morgan fingerprint density at radius 1 is 1.07 bits per heavy atom. The van der Waals surface area contributed by atoms with Gasteiger partial charge in [0.1, 0.15) is 36.4 Å². The molecule has 4 rings (SSSR count). The fourth-order valence-corrected chi connectivity index (χ4v) is 5.71. The number of halogens is 1. The molecule has 2 fully saturated rings. The summed E-state index contributed by atoms with van der Waals surface area (Å²) in [5.41, 5.74) is 5.80. The highest BCUT2D eigenvalue weighted by molar-refractivity contribution is 5.92. The van der Waals surface area contributed by atoms with Crippen molar-refractivity contribution in [3.63, 3.8) is 0 Å². The number of amides is 4. The van der Waals surface area contributed by atoms with Crippen molar-refractivity contribution in [1.29, 1.82) is 0 Å². The molecule has 0 aromatic heterocycles. The number of rotatable bonds is 9. The van der Waals surface area contributed by atoms with Gasteiger partial charge in [0.25, 0.3) is 0 Å². The van der Waals surface area contributed by atoms with Gasteiger partial charge in [-0.15, -0.1) is 0 Å². The molecule has 1 unspecified atom stereocenters. The van der Waals surface area contributed by atoms with Crippen molar-refractivity contribution in [2.24, 2.45) is 11.1 Å². The van der Waals surface area contributed by atoms with Crippen LogP contribution in [0.5, 0.6) is 5.75 Å². The van der Waals surface area contributed by atoms with Crippen molar-refractivity contribution in [2.75, 3.05) is 26.7 Å². The lowest BCUT2D eigenvalue weighted by molar-refractivity contribution is -0.142. The van der Waals surface area contributed by atoms with E-state index in [9.17, 15) is 23.6 Å². The third-order valence-corrected chi connectivity index (χ3v) is 8.31. The molecule has 2 aromatic rings. The lowest BCUT2D eigenvalue weighted by atomic mass is 9.85. The van der Waals surface area contributed by atoms with Crippen LogP contribution in [0.15, 0.2) is 54.6 Å². The number of carbonyl (C=O) groups is 4. The molecule has 238 valence electrons. The second-order valence-electron chi connectivity index (χ2n) is 12.4. The maximum atomic E-state index is 14.2. The van der Waals surface area contributed by atoms with E-state index in [1.807, 2.05) is 51.1 Å². The number of nitrogens with one attached hydrogen (secondary N) is 1. The molecule has 0 bridgehead atoms. The van der Waals surface area contributed by atoms with Gasteiger partial charge in [0.2, 0.25) is 17.7 Å². The monoisotopic (exact) mass is 611 g/mol. The molecule has 2 aromatic carbocycles. The quantitative estimate of drug-likeness (QED) is 0.445. The number of likely N-dealkylation sites (N-methyl/N-ethyl adjacent to an activating group) is 1. The molecule has 3 N–H and O–H groups in total. The summed E-state index contributed by atoms with van der Waals surface area (Å²) in [4.78, 5) is 57.6. The molecule has 2 heterocycles. The van der Waals surface area contributed by atoms with Crippen LogP contribution in [0, 0.1) is 11.2 Å². The highest BCUT2D eigenvalue weighted by Crippen LogP contribution is 2.36. The number of ether oxygens (including phenoxy) is 2. The number of benzene rings is 2. The summed E-state index contributed by atoms with van der Waals surface area (Å²) in [5.74, 6) is -1.09. The van der Waals surface area contributed by atoms with Crippen molar-refractivity contribution < 1.29 is 33.0 Å². The number of likely N-dealkylation sites (tertiary alicyclic amines) is 2. The summed E-state index contributed by atoms with van der Waals surface area (Å²) in [6, 6.07) is 12.1. The van der Waals surface area contributed by atoms with Crippen LogP contribution in [0.3, 0.4) is 0 Å². The van der Waals surface area contributed by atoms with Crippen molar-refractivity contribution in [3.8, 4) is 5.75 Å². The molecule has 0 spiro atoms. The van der Waals surface area contributed by atoms with Gasteiger partial charge in [0, 0.05) is 13.6 Å². The topological polar surface area (TPSA) is 135 Å². The fourth-order valence-electron chi connectivity index (χ4n) is 5.71. The lowest BCUT2D eigenvalue weighted by Gasteiger charge is -2.37. The van der Waals surface area contributed by atoms with Gasteiger partial charge in [0.05, 0.1) is 25.2 Å². The minimum Gasteiger partial charge on any atom is -0.486 e. The van der Waals surface area contributed by atoms with Crippen LogP contribution >= 0.6 is 0 Å². The van der Waals surface area contributed by atoms with Gasteiger partial charge >= 0.3 is 6.09 Å². The maximum Gasteiger partial charge on any atom is 0.410 e. The largest absolute Gasteiger partial charge is 0.486 e. The average Bonchev–Trinajstić information content (AvgIpc) is 3.59. The Hall–Kier alpha value is -4.19. The minimum atomic E-state index is -0.948. The van der Waals surface area contributed by atoms with E-state index in [4.69, 9.17) is 15.2 Å². The Bertz CT molecular complexity index is 1330. The Labute approximate surface area is 257 Å². The smallest absolute Gasteiger partial charge is 0.410 e. The molecule has 11 nitrogen and oxygen atoms in total. The molecular weight excluding hydrogens is 569 g/mol. The van der Waals surface area contributed by atoms with Gasteiger partial charge < -0.3 is 30.3 Å². The molecule has 0 aliphatic carbocycles. The summed E-state index contributed by atoms with van der Waals surface area (Å²) in [6.07, 6.45) is -0.745. The number of hydrogen-bond donors (Lipinski definition) is 2. The summed E-state index contributed by atoms with van der Waals surface area (Å²) in [7, 11) is 1.47. The maximum absolute atomic E-state index is 14.2. The zero-order valence-corrected chi connectivity index (χ0v) is 25.9. The Balaban J connectivity index is 1.49. The zero-order valence-electron chi connectivity index (χ0n) is 25.9. The van der Waals surface area contributed by atoms with Crippen molar-refractivity contribution in [2.45, 2.75) is 71.0 Å². The Kier molecular flexibility index (Phi) is 10.1. The van der Waals surface area contributed by atoms with E-state index in [1.54, 1.807) is 16.7 Å². The van der Waals surface area contributed by atoms with Gasteiger partial charge in [-0.25, -0.2) is 9.18 Å². The van der Waals surface area contributed by atoms with E-state index in [0.717, 1.165) is 5.56 Å². The van der Waals surface area contributed by atoms with E-state index >= 15 is 0 Å². The molecule has 5 atom stereocenters. The third-order valence-electron chi connectivity index (χ3n) is 8.31. The second kappa shape index (κ2) is 13.6. The van der Waals surface area contributed by atoms with E-state index in [1.165, 1.54) is 36.2 Å². The van der Waals surface area contributed by atoms with Crippen LogP contribution in [0.1, 0.15) is 39.7 Å².